The van der Waals surface area contributed by atoms with Gasteiger partial charge in [-0.05, 0) is 84.8 Å². The Bertz CT molecular complexity index is 1860. The molecule has 3 unspecified atom stereocenters. The summed E-state index contributed by atoms with van der Waals surface area (Å²) in [7, 11) is -12.5. The molecule has 318 valence electrons. The molecule has 3 atom stereocenters. The molecule has 2 aromatic carbocycles. The van der Waals surface area contributed by atoms with Crippen LogP contribution in [0.5, 0.6) is 17.2 Å². The summed E-state index contributed by atoms with van der Waals surface area (Å²) in [6.07, 6.45) is 13.7. The molecule has 3 rings (SSSR count). The topological polar surface area (TPSA) is 179 Å². The van der Waals surface area contributed by atoms with Crippen LogP contribution in [-0.2, 0) is 27.3 Å². The highest BCUT2D eigenvalue weighted by Crippen LogP contribution is 2.54. The molecule has 1 aliphatic heterocycles. The Morgan fingerprint density at radius 3 is 2.02 bits per heavy atom. The number of fused-ring (bicyclic) bond motifs is 2. The summed E-state index contributed by atoms with van der Waals surface area (Å²) < 4.78 is 71.9. The highest BCUT2D eigenvalue weighted by atomic mass is 31.2. The summed E-state index contributed by atoms with van der Waals surface area (Å²) in [5.74, 6) is -1.09. The summed E-state index contributed by atoms with van der Waals surface area (Å²) in [6, 6.07) is 7.04. The van der Waals surface area contributed by atoms with Crippen LogP contribution in [0.3, 0.4) is 0 Å². The number of nitrogens with zero attached hydrogens (tertiary/aromatic N) is 1. The lowest BCUT2D eigenvalue weighted by Crippen LogP contribution is -2.30. The Labute approximate surface area is 338 Å². The molecule has 2 aromatic rings. The number of allylic oxidation sites excluding steroid dienone is 5. The van der Waals surface area contributed by atoms with Gasteiger partial charge in [0.05, 0.1) is 36.8 Å². The predicted molar refractivity (Wildman–Crippen MR) is 226 cm³/mol. The number of carbonyl (C=O) groups is 1. The van der Waals surface area contributed by atoms with Crippen molar-refractivity contribution in [2.24, 2.45) is 0 Å². The van der Waals surface area contributed by atoms with E-state index in [4.69, 9.17) is 27.1 Å². The van der Waals surface area contributed by atoms with E-state index in [0.29, 0.717) is 25.7 Å². The average Bonchev–Trinajstić information content (AvgIpc) is 3.24. The molecule has 0 fully saturated rings. The zero-order valence-corrected chi connectivity index (χ0v) is 37.1. The summed E-state index contributed by atoms with van der Waals surface area (Å²) in [4.78, 5) is 37.2. The van der Waals surface area contributed by atoms with Crippen LogP contribution in [0.2, 0.25) is 0 Å². The summed E-state index contributed by atoms with van der Waals surface area (Å²) in [5, 5.41) is 3.12. The van der Waals surface area contributed by atoms with Crippen molar-refractivity contribution in [2.75, 3.05) is 36.6 Å². The van der Waals surface area contributed by atoms with Crippen LogP contribution in [0.15, 0.2) is 65.3 Å². The number of hydrogen-bond donors (Lipinski definition) is 3. The molecular weight excluding hydrogens is 793 g/mol. The highest BCUT2D eigenvalue weighted by molar-refractivity contribution is 7.48. The molecule has 1 aliphatic rings. The molecular formula is C40H61N2O12P3. The largest absolute Gasteiger partial charge is 0.527 e. The van der Waals surface area contributed by atoms with E-state index in [2.05, 4.69) is 38.2 Å². The van der Waals surface area contributed by atoms with E-state index >= 15 is 0 Å². The Balaban J connectivity index is 2.15. The molecule has 0 aliphatic carbocycles. The number of anilines is 3. The molecule has 0 bridgehead atoms. The van der Waals surface area contributed by atoms with Crippen LogP contribution in [-0.4, -0.2) is 42.1 Å². The third kappa shape index (κ3) is 16.5. The van der Waals surface area contributed by atoms with E-state index in [9.17, 15) is 28.3 Å². The number of rotatable bonds is 26. The fraction of sp³-hybridized carbons (Fsp3) is 0.525. The minimum Gasteiger partial charge on any atom is -0.424 e. The molecule has 14 nitrogen and oxygen atoms in total. The lowest BCUT2D eigenvalue weighted by atomic mass is 10.1. The number of nitrogens with one attached hydrogen (secondary N) is 1. The quantitative estimate of drug-likeness (QED) is 0.0463. The Kier molecular flexibility index (Phi) is 20.3. The van der Waals surface area contributed by atoms with Crippen LogP contribution in [0.1, 0.15) is 123 Å². The second-order valence-corrected chi connectivity index (χ2v) is 17.8. The lowest BCUT2D eigenvalue weighted by molar-refractivity contribution is 0.0990. The Morgan fingerprint density at radius 2 is 1.39 bits per heavy atom. The summed E-state index contributed by atoms with van der Waals surface area (Å²) in [5.41, 5.74) is 3.86. The second-order valence-electron chi connectivity index (χ2n) is 14.0. The zero-order valence-electron chi connectivity index (χ0n) is 34.3. The third-order valence-electron chi connectivity index (χ3n) is 8.69. The molecule has 57 heavy (non-hydrogen) atoms. The number of carbonyl (C=O) groups excluding carboxylic acids is 1. The van der Waals surface area contributed by atoms with Crippen molar-refractivity contribution < 1.29 is 55.4 Å². The first-order valence-electron chi connectivity index (χ1n) is 19.6. The number of phosphoric ester groups is 2. The van der Waals surface area contributed by atoms with E-state index in [1.54, 1.807) is 0 Å². The van der Waals surface area contributed by atoms with Crippen LogP contribution in [0.4, 0.5) is 17.1 Å². The fourth-order valence-electron chi connectivity index (χ4n) is 5.49. The molecule has 3 N–H and O–H groups in total. The summed E-state index contributed by atoms with van der Waals surface area (Å²) in [6.45, 7) is 14.1. The lowest BCUT2D eigenvalue weighted by Gasteiger charge is -2.24. The Hall–Kier alpha value is -3.18. The first kappa shape index (κ1) is 48.2. The van der Waals surface area contributed by atoms with E-state index in [1.165, 1.54) is 46.4 Å². The second kappa shape index (κ2) is 24.0. The average molecular weight is 855 g/mol. The van der Waals surface area contributed by atoms with Gasteiger partial charge >= 0.3 is 23.9 Å². The van der Waals surface area contributed by atoms with Gasteiger partial charge in [0.1, 0.15) is 11.4 Å². The number of amides is 1. The molecule has 1 heterocycles. The molecule has 0 saturated carbocycles. The fourth-order valence-corrected chi connectivity index (χ4v) is 7.80. The molecule has 0 spiro atoms. The van der Waals surface area contributed by atoms with Gasteiger partial charge in [-0.2, -0.15) is 0 Å². The minimum atomic E-state index is -4.66. The van der Waals surface area contributed by atoms with Crippen molar-refractivity contribution in [1.82, 2.24) is 0 Å². The number of benzene rings is 2. The van der Waals surface area contributed by atoms with Gasteiger partial charge in [-0.15, -0.1) is 0 Å². The van der Waals surface area contributed by atoms with Crippen molar-refractivity contribution >= 4 is 46.9 Å². The highest BCUT2D eigenvalue weighted by Gasteiger charge is 2.34. The zero-order chi connectivity index (χ0) is 42.0. The van der Waals surface area contributed by atoms with E-state index in [-0.39, 0.29) is 66.2 Å². The smallest absolute Gasteiger partial charge is 0.424 e. The van der Waals surface area contributed by atoms with E-state index in [0.717, 1.165) is 44.1 Å². The monoisotopic (exact) mass is 854 g/mol. The molecule has 1 amide bonds. The maximum absolute atomic E-state index is 14.6. The molecule has 0 radical (unpaired) electrons. The third-order valence-corrected chi connectivity index (χ3v) is 11.4. The van der Waals surface area contributed by atoms with E-state index in [1.807, 2.05) is 33.8 Å². The van der Waals surface area contributed by atoms with Crippen molar-refractivity contribution in [2.45, 2.75) is 113 Å². The molecule has 17 heteroatoms. The maximum atomic E-state index is 14.6. The van der Waals surface area contributed by atoms with Gasteiger partial charge in [-0.1, -0.05) is 81.0 Å². The van der Waals surface area contributed by atoms with E-state index < -0.39 is 29.8 Å². The standard InChI is InChI=1S/C40H61N2O12P3/c1-8-11-25-49-55(44)52-37-29-33(53-56(45,46)50-26-12-9-2)28-35-39(37)41-38-34(21-16-22-36(38)54-57(47,48)51-27-13-10-3)40(43)42(35)24-23-32(7)20-15-19-31(6)18-14-17-30(4)5/h16-17,19,21-23,28-29,41,55H,8-15,18,20,24-27H2,1-7H3,(H,45,46)(H,47,48)/b31-19+,32-23+. The minimum absolute atomic E-state index is 0.00913. The van der Waals surface area contributed by atoms with Crippen molar-refractivity contribution in [1.29, 1.82) is 0 Å². The van der Waals surface area contributed by atoms with Gasteiger partial charge in [0.15, 0.2) is 11.5 Å². The number of unbranched alkanes of at least 4 members (excludes halogenated alkanes) is 3. The van der Waals surface area contributed by atoms with Crippen LogP contribution >= 0.6 is 23.9 Å². The van der Waals surface area contributed by atoms with Gasteiger partial charge in [-0.25, -0.2) is 13.7 Å². The van der Waals surface area contributed by atoms with Crippen LogP contribution < -0.4 is 23.8 Å². The van der Waals surface area contributed by atoms with Crippen molar-refractivity contribution in [3.8, 4) is 17.2 Å². The molecule has 0 saturated heterocycles. The normalized spacial score (nSPS) is 15.7. The predicted octanol–water partition coefficient (Wildman–Crippen LogP) is 12.0. The first-order valence-corrected chi connectivity index (χ1v) is 23.8. The number of hydrogen-bond acceptors (Lipinski definition) is 11. The van der Waals surface area contributed by atoms with Gasteiger partial charge in [-0.3, -0.25) is 23.6 Å². The van der Waals surface area contributed by atoms with Crippen molar-refractivity contribution in [3.05, 3.63) is 70.8 Å². The molecule has 0 aromatic heterocycles. The Morgan fingerprint density at radius 1 is 0.789 bits per heavy atom. The van der Waals surface area contributed by atoms with Crippen LogP contribution in [0, 0.1) is 0 Å². The van der Waals surface area contributed by atoms with Crippen molar-refractivity contribution in [3.63, 3.8) is 0 Å². The number of para-hydroxylation sites is 1. The van der Waals surface area contributed by atoms with Gasteiger partial charge < -0.3 is 28.3 Å². The van der Waals surface area contributed by atoms with Gasteiger partial charge in [0.25, 0.3) is 5.91 Å². The van der Waals surface area contributed by atoms with Gasteiger partial charge in [0.2, 0.25) is 0 Å². The number of phosphoric acid groups is 2. The SMILES string of the molecule is CCCCO[PH](=O)Oc1cc(OP(=O)(O)OCCCC)cc2c1Nc1c(OP(=O)(O)OCCCC)cccc1C(=O)N2C/C=C(\C)CC/C=C(\C)CCC=C(C)C. The van der Waals surface area contributed by atoms with Gasteiger partial charge in [0, 0.05) is 18.7 Å². The summed E-state index contributed by atoms with van der Waals surface area (Å²) >= 11 is 0. The maximum Gasteiger partial charge on any atom is 0.527 e. The van der Waals surface area contributed by atoms with Crippen LogP contribution in [0.25, 0.3) is 0 Å². The first-order chi connectivity index (χ1) is 27.1.